The summed E-state index contributed by atoms with van der Waals surface area (Å²) in [6.45, 7) is 6.41. The van der Waals surface area contributed by atoms with Crippen LogP contribution in [0.4, 0.5) is 22.7 Å². The van der Waals surface area contributed by atoms with Crippen molar-refractivity contribution in [3.8, 4) is 0 Å². The van der Waals surface area contributed by atoms with E-state index in [1.54, 1.807) is 0 Å². The van der Waals surface area contributed by atoms with Gasteiger partial charge in [0.15, 0.2) is 0 Å². The van der Waals surface area contributed by atoms with Crippen LogP contribution in [0.25, 0.3) is 54.2 Å². The molecule has 0 bridgehead atoms. The van der Waals surface area contributed by atoms with Crippen LogP contribution >= 0.6 is 0 Å². The van der Waals surface area contributed by atoms with Crippen molar-refractivity contribution < 1.29 is 0 Å². The highest BCUT2D eigenvalue weighted by Gasteiger charge is 2.41. The fourth-order valence-corrected chi connectivity index (χ4v) is 10.9. The zero-order valence-electron chi connectivity index (χ0n) is 31.8. The van der Waals surface area contributed by atoms with E-state index in [4.69, 9.17) is 0 Å². The molecule has 2 aliphatic heterocycles. The molecule has 0 saturated heterocycles. The summed E-state index contributed by atoms with van der Waals surface area (Å²) in [5, 5.41) is 10.2. The molecular weight excluding hydrogens is 689 g/mol. The van der Waals surface area contributed by atoms with Crippen LogP contribution in [-0.2, 0) is 0 Å². The van der Waals surface area contributed by atoms with Gasteiger partial charge in [-0.3, -0.25) is 0 Å². The molecule has 2 heterocycles. The Kier molecular flexibility index (Phi) is 6.98. The van der Waals surface area contributed by atoms with Gasteiger partial charge in [0.1, 0.15) is 0 Å². The van der Waals surface area contributed by atoms with E-state index in [0.717, 1.165) is 0 Å². The summed E-state index contributed by atoms with van der Waals surface area (Å²) < 4.78 is 0. The van der Waals surface area contributed by atoms with Gasteiger partial charge in [-0.05, 0) is 91.7 Å². The van der Waals surface area contributed by atoms with Crippen molar-refractivity contribution >= 4 is 77.0 Å². The Balaban J connectivity index is 1.12. The van der Waals surface area contributed by atoms with Gasteiger partial charge in [-0.2, -0.15) is 0 Å². The maximum Gasteiger partial charge on any atom is 0.0635 e. The highest BCUT2D eigenvalue weighted by atomic mass is 15.2. The molecule has 0 spiro atoms. The second-order valence-electron chi connectivity index (χ2n) is 16.0. The Labute approximate surface area is 333 Å². The summed E-state index contributed by atoms with van der Waals surface area (Å²) in [6.07, 6.45) is 24.9. The van der Waals surface area contributed by atoms with E-state index in [1.165, 1.54) is 99.3 Å². The molecule has 0 N–H and O–H groups in total. The molecule has 12 rings (SSSR count). The number of fused-ring (bicyclic) bond motifs is 12. The molecule has 5 aliphatic rings. The van der Waals surface area contributed by atoms with Gasteiger partial charge in [-0.25, -0.2) is 0 Å². The van der Waals surface area contributed by atoms with Crippen molar-refractivity contribution in [1.29, 1.82) is 0 Å². The van der Waals surface area contributed by atoms with Crippen LogP contribution in [0.3, 0.4) is 0 Å². The number of anilines is 4. The average Bonchev–Trinajstić information content (AvgIpc) is 3.26. The third-order valence-electron chi connectivity index (χ3n) is 13.2. The highest BCUT2D eigenvalue weighted by molar-refractivity contribution is 6.33. The van der Waals surface area contributed by atoms with E-state index in [2.05, 4.69) is 205 Å². The van der Waals surface area contributed by atoms with Crippen molar-refractivity contribution in [2.75, 3.05) is 9.80 Å². The molecule has 3 aliphatic carbocycles. The molecule has 2 heteroatoms. The van der Waals surface area contributed by atoms with Gasteiger partial charge < -0.3 is 9.80 Å². The quantitative estimate of drug-likeness (QED) is 0.167. The largest absolute Gasteiger partial charge is 0.333 e. The minimum absolute atomic E-state index is 0.123. The van der Waals surface area contributed by atoms with E-state index in [-0.39, 0.29) is 18.0 Å². The molecule has 0 fully saturated rings. The molecular formula is C55H40N2. The first-order valence-electron chi connectivity index (χ1n) is 20.2. The summed E-state index contributed by atoms with van der Waals surface area (Å²) >= 11 is 0. The molecule has 2 nitrogen and oxygen atoms in total. The number of hydrogen-bond acceptors (Lipinski definition) is 2. The maximum atomic E-state index is 4.13. The van der Waals surface area contributed by atoms with E-state index in [9.17, 15) is 0 Å². The number of allylic oxidation sites excluding steroid dienone is 9. The lowest BCUT2D eigenvalue weighted by Gasteiger charge is -2.46. The van der Waals surface area contributed by atoms with Crippen LogP contribution < -0.4 is 9.80 Å². The van der Waals surface area contributed by atoms with Crippen molar-refractivity contribution in [1.82, 2.24) is 0 Å². The fourth-order valence-electron chi connectivity index (χ4n) is 10.9. The molecule has 0 saturated carbocycles. The molecule has 4 atom stereocenters. The number of benzene rings is 7. The number of nitrogens with zero attached hydrogens (tertiary/aromatic N) is 2. The van der Waals surface area contributed by atoms with Crippen LogP contribution in [0.15, 0.2) is 206 Å². The van der Waals surface area contributed by atoms with Crippen molar-refractivity contribution in [3.05, 3.63) is 217 Å². The molecule has 0 amide bonds. The molecule has 7 aromatic carbocycles. The van der Waals surface area contributed by atoms with Crippen LogP contribution in [0, 0.1) is 11.8 Å². The average molecular weight is 729 g/mol. The summed E-state index contributed by atoms with van der Waals surface area (Å²) in [5.74, 6) is 0.508. The predicted molar refractivity (Wildman–Crippen MR) is 244 cm³/mol. The Hall–Kier alpha value is -6.90. The Morgan fingerprint density at radius 1 is 0.526 bits per heavy atom. The van der Waals surface area contributed by atoms with Crippen LogP contribution in [0.5, 0.6) is 0 Å². The number of hydrogen-bond donors (Lipinski definition) is 0. The zero-order valence-corrected chi connectivity index (χ0v) is 31.8. The smallest absolute Gasteiger partial charge is 0.0635 e. The maximum absolute atomic E-state index is 4.13. The van der Waals surface area contributed by atoms with Crippen molar-refractivity contribution in [2.24, 2.45) is 11.8 Å². The van der Waals surface area contributed by atoms with Crippen LogP contribution in [0.1, 0.15) is 18.1 Å². The highest BCUT2D eigenvalue weighted by Crippen LogP contribution is 2.54. The van der Waals surface area contributed by atoms with Gasteiger partial charge in [0.05, 0.1) is 17.8 Å². The van der Waals surface area contributed by atoms with Crippen molar-refractivity contribution in [2.45, 2.75) is 19.0 Å². The van der Waals surface area contributed by atoms with E-state index < -0.39 is 0 Å². The van der Waals surface area contributed by atoms with Gasteiger partial charge in [0, 0.05) is 45.4 Å². The minimum atomic E-state index is 0.123. The van der Waals surface area contributed by atoms with Crippen LogP contribution in [-0.4, -0.2) is 12.1 Å². The van der Waals surface area contributed by atoms with E-state index >= 15 is 0 Å². The first-order valence-corrected chi connectivity index (χ1v) is 20.2. The molecule has 0 aromatic heterocycles. The predicted octanol–water partition coefficient (Wildman–Crippen LogP) is 14.1. The fraction of sp³-hybridized carbons (Fsp3) is 0.0909. The van der Waals surface area contributed by atoms with Gasteiger partial charge in [-0.15, -0.1) is 0 Å². The van der Waals surface area contributed by atoms with Gasteiger partial charge in [0.25, 0.3) is 0 Å². The van der Waals surface area contributed by atoms with Gasteiger partial charge >= 0.3 is 0 Å². The SMILES string of the molecule is C=C/C=C1/c2ccccc2N(c2cc3c4ccccc4c4cc(N5c6ccccc6C6=CC=CC7=CC=CC5C76)ccc4c3c3ccccc23)C2C=CC=C(C)C12. The Morgan fingerprint density at radius 3 is 1.98 bits per heavy atom. The third-order valence-corrected chi connectivity index (χ3v) is 13.2. The zero-order chi connectivity index (χ0) is 37.8. The summed E-state index contributed by atoms with van der Waals surface area (Å²) in [7, 11) is 0. The topological polar surface area (TPSA) is 6.48 Å². The molecule has 270 valence electrons. The summed E-state index contributed by atoms with van der Waals surface area (Å²) in [5.41, 5.74) is 13.0. The normalized spacial score (nSPS) is 22.3. The van der Waals surface area contributed by atoms with Gasteiger partial charge in [-0.1, -0.05) is 170 Å². The summed E-state index contributed by atoms with van der Waals surface area (Å²) in [4.78, 5) is 5.21. The lowest BCUT2D eigenvalue weighted by atomic mass is 9.72. The first kappa shape index (κ1) is 32.4. The van der Waals surface area contributed by atoms with Crippen molar-refractivity contribution in [3.63, 3.8) is 0 Å². The second-order valence-corrected chi connectivity index (χ2v) is 16.0. The Morgan fingerprint density at radius 2 is 1.18 bits per heavy atom. The molecule has 4 unspecified atom stereocenters. The Bertz CT molecular complexity index is 3140. The lowest BCUT2D eigenvalue weighted by Crippen LogP contribution is -2.42. The van der Waals surface area contributed by atoms with E-state index in [1.807, 2.05) is 6.08 Å². The minimum Gasteiger partial charge on any atom is -0.333 e. The number of para-hydroxylation sites is 2. The second kappa shape index (κ2) is 12.3. The van der Waals surface area contributed by atoms with E-state index in [0.29, 0.717) is 5.92 Å². The molecule has 0 radical (unpaired) electrons. The number of rotatable bonds is 3. The third kappa shape index (κ3) is 4.53. The standard InChI is InChI=1S/C55H40N2/c1-3-15-42-39-21-9-11-27-49(39)57(50-28-12-16-34(2)53(42)50)52-33-47-38-20-5-4-19-37(38)46-32-36(30-31-45(46)55(47)44-24-7-6-23-41(44)52)56-48-26-10-8-22-40(48)43-25-13-17-35-18-14-29-51(56)54(35)43/h3-33,50-51,53-54H,1H2,2H3/b42-15-. The monoisotopic (exact) mass is 728 g/mol. The lowest BCUT2D eigenvalue weighted by molar-refractivity contribution is 0.632. The van der Waals surface area contributed by atoms with Crippen LogP contribution in [0.2, 0.25) is 0 Å². The molecule has 7 aromatic rings. The molecule has 57 heavy (non-hydrogen) atoms. The van der Waals surface area contributed by atoms with Gasteiger partial charge in [0.2, 0.25) is 0 Å². The summed E-state index contributed by atoms with van der Waals surface area (Å²) in [6, 6.07) is 46.1. The first-order chi connectivity index (χ1) is 28.2.